The number of carbonyl (C=O) groups is 1. The smallest absolute Gasteiger partial charge is 0.150 e. The van der Waals surface area contributed by atoms with E-state index < -0.39 is 0 Å². The molecule has 0 fully saturated rings. The van der Waals surface area contributed by atoms with Crippen molar-refractivity contribution in [1.29, 1.82) is 0 Å². The van der Waals surface area contributed by atoms with E-state index >= 15 is 0 Å². The molecule has 2 rings (SSSR count). The van der Waals surface area contributed by atoms with Crippen molar-refractivity contribution in [3.05, 3.63) is 52.0 Å². The summed E-state index contributed by atoms with van der Waals surface area (Å²) in [6, 6.07) is 10.5. The SMILES string of the molecule is COc1ccc(C=O)cc1-c1cccc(Cl)c1Cl. The van der Waals surface area contributed by atoms with Crippen molar-refractivity contribution >= 4 is 29.5 Å². The third-order valence-electron chi connectivity index (χ3n) is 2.60. The van der Waals surface area contributed by atoms with Gasteiger partial charge in [0.2, 0.25) is 0 Å². The lowest BCUT2D eigenvalue weighted by molar-refractivity contribution is 0.112. The number of carbonyl (C=O) groups excluding carboxylic acids is 1. The third kappa shape index (κ3) is 2.35. The van der Waals surface area contributed by atoms with Crippen molar-refractivity contribution in [3.8, 4) is 16.9 Å². The van der Waals surface area contributed by atoms with Gasteiger partial charge in [-0.1, -0.05) is 35.3 Å². The molecule has 0 saturated carbocycles. The molecule has 0 aliphatic heterocycles. The summed E-state index contributed by atoms with van der Waals surface area (Å²) < 4.78 is 5.28. The summed E-state index contributed by atoms with van der Waals surface area (Å²) >= 11 is 12.2. The topological polar surface area (TPSA) is 26.3 Å². The van der Waals surface area contributed by atoms with Crippen molar-refractivity contribution in [1.82, 2.24) is 0 Å². The van der Waals surface area contributed by atoms with Gasteiger partial charge < -0.3 is 4.74 Å². The van der Waals surface area contributed by atoms with Gasteiger partial charge in [0, 0.05) is 16.7 Å². The van der Waals surface area contributed by atoms with Gasteiger partial charge in [-0.05, 0) is 24.3 Å². The van der Waals surface area contributed by atoms with E-state index in [2.05, 4.69) is 0 Å². The van der Waals surface area contributed by atoms with Crippen LogP contribution in [0.5, 0.6) is 5.75 Å². The number of aldehydes is 1. The van der Waals surface area contributed by atoms with Crippen LogP contribution in [0, 0.1) is 0 Å². The number of rotatable bonds is 3. The zero-order valence-corrected chi connectivity index (χ0v) is 11.1. The van der Waals surface area contributed by atoms with Crippen molar-refractivity contribution in [2.24, 2.45) is 0 Å². The molecular weight excluding hydrogens is 271 g/mol. The number of methoxy groups -OCH3 is 1. The van der Waals surface area contributed by atoms with Gasteiger partial charge in [0.15, 0.2) is 0 Å². The van der Waals surface area contributed by atoms with Gasteiger partial charge in [-0.2, -0.15) is 0 Å². The first kappa shape index (κ1) is 12.9. The van der Waals surface area contributed by atoms with Crippen LogP contribution in [0.3, 0.4) is 0 Å². The molecule has 0 amide bonds. The highest BCUT2D eigenvalue weighted by molar-refractivity contribution is 6.43. The predicted octanol–water partition coefficient (Wildman–Crippen LogP) is 4.48. The highest BCUT2D eigenvalue weighted by Gasteiger charge is 2.12. The molecule has 0 spiro atoms. The highest BCUT2D eigenvalue weighted by atomic mass is 35.5. The Morgan fingerprint density at radius 3 is 2.56 bits per heavy atom. The Labute approximate surface area is 115 Å². The van der Waals surface area contributed by atoms with Gasteiger partial charge in [0.05, 0.1) is 17.2 Å². The maximum absolute atomic E-state index is 10.8. The molecule has 0 aliphatic carbocycles. The number of hydrogen-bond acceptors (Lipinski definition) is 2. The highest BCUT2D eigenvalue weighted by Crippen LogP contribution is 2.38. The van der Waals surface area contributed by atoms with Crippen LogP contribution >= 0.6 is 23.2 Å². The maximum atomic E-state index is 10.8. The zero-order valence-electron chi connectivity index (χ0n) is 9.61. The van der Waals surface area contributed by atoms with Gasteiger partial charge in [0.25, 0.3) is 0 Å². The maximum Gasteiger partial charge on any atom is 0.150 e. The van der Waals surface area contributed by atoms with E-state index in [1.165, 1.54) is 0 Å². The van der Waals surface area contributed by atoms with Crippen LogP contribution in [0.1, 0.15) is 10.4 Å². The fourth-order valence-corrected chi connectivity index (χ4v) is 2.12. The second-order valence-corrected chi connectivity index (χ2v) is 4.46. The van der Waals surface area contributed by atoms with Gasteiger partial charge in [-0.3, -0.25) is 4.79 Å². The number of hydrogen-bond donors (Lipinski definition) is 0. The summed E-state index contributed by atoms with van der Waals surface area (Å²) in [6.07, 6.45) is 0.779. The number of benzene rings is 2. The average molecular weight is 281 g/mol. The quantitative estimate of drug-likeness (QED) is 0.775. The Morgan fingerprint density at radius 2 is 1.89 bits per heavy atom. The summed E-state index contributed by atoms with van der Waals surface area (Å²) in [5, 5.41) is 0.910. The average Bonchev–Trinajstić information content (AvgIpc) is 2.41. The van der Waals surface area contributed by atoms with E-state index in [1.807, 2.05) is 6.07 Å². The summed E-state index contributed by atoms with van der Waals surface area (Å²) in [5.74, 6) is 0.643. The van der Waals surface area contributed by atoms with Crippen LogP contribution in [-0.2, 0) is 0 Å². The molecule has 0 saturated heterocycles. The lowest BCUT2D eigenvalue weighted by Gasteiger charge is -2.11. The lowest BCUT2D eigenvalue weighted by atomic mass is 10.0. The van der Waals surface area contributed by atoms with Crippen LogP contribution in [0.2, 0.25) is 10.0 Å². The Kier molecular flexibility index (Phi) is 3.90. The van der Waals surface area contributed by atoms with Crippen LogP contribution in [0.4, 0.5) is 0 Å². The molecule has 18 heavy (non-hydrogen) atoms. The monoisotopic (exact) mass is 280 g/mol. The van der Waals surface area contributed by atoms with E-state index in [9.17, 15) is 4.79 Å². The second kappa shape index (κ2) is 5.42. The molecule has 0 bridgehead atoms. The molecule has 0 aromatic heterocycles. The Balaban J connectivity index is 2.68. The van der Waals surface area contributed by atoms with Crippen LogP contribution in [0.25, 0.3) is 11.1 Å². The minimum Gasteiger partial charge on any atom is -0.496 e. The van der Waals surface area contributed by atoms with Crippen molar-refractivity contribution in [2.75, 3.05) is 7.11 Å². The Hall–Kier alpha value is -1.51. The number of halogens is 2. The Bertz CT molecular complexity index is 594. The van der Waals surface area contributed by atoms with Crippen LogP contribution in [0.15, 0.2) is 36.4 Å². The first-order valence-corrected chi connectivity index (χ1v) is 6.00. The molecule has 2 aromatic carbocycles. The first-order chi connectivity index (χ1) is 8.67. The van der Waals surface area contributed by atoms with Crippen molar-refractivity contribution in [2.45, 2.75) is 0 Å². The van der Waals surface area contributed by atoms with E-state index in [1.54, 1.807) is 37.4 Å². The van der Waals surface area contributed by atoms with E-state index in [4.69, 9.17) is 27.9 Å². The van der Waals surface area contributed by atoms with Gasteiger partial charge >= 0.3 is 0 Å². The lowest BCUT2D eigenvalue weighted by Crippen LogP contribution is -1.91. The molecule has 0 atom stereocenters. The van der Waals surface area contributed by atoms with Crippen LogP contribution in [-0.4, -0.2) is 13.4 Å². The van der Waals surface area contributed by atoms with E-state index in [0.29, 0.717) is 21.4 Å². The van der Waals surface area contributed by atoms with Crippen molar-refractivity contribution < 1.29 is 9.53 Å². The molecule has 0 N–H and O–H groups in total. The molecule has 92 valence electrons. The van der Waals surface area contributed by atoms with E-state index in [0.717, 1.165) is 17.4 Å². The van der Waals surface area contributed by atoms with Crippen molar-refractivity contribution in [3.63, 3.8) is 0 Å². The first-order valence-electron chi connectivity index (χ1n) is 5.25. The largest absolute Gasteiger partial charge is 0.496 e. The number of ether oxygens (including phenoxy) is 1. The minimum absolute atomic E-state index is 0.445. The summed E-state index contributed by atoms with van der Waals surface area (Å²) in [7, 11) is 1.57. The zero-order chi connectivity index (χ0) is 13.1. The minimum atomic E-state index is 0.445. The molecule has 2 aromatic rings. The Morgan fingerprint density at radius 1 is 1.11 bits per heavy atom. The molecule has 0 heterocycles. The summed E-state index contributed by atoms with van der Waals surface area (Å²) in [5.41, 5.74) is 2.04. The second-order valence-electron chi connectivity index (χ2n) is 3.68. The fraction of sp³-hybridized carbons (Fsp3) is 0.0714. The molecular formula is C14H10Cl2O2. The standard InChI is InChI=1S/C14H10Cl2O2/c1-18-13-6-5-9(8-17)7-11(13)10-3-2-4-12(15)14(10)16/h2-8H,1H3. The summed E-state index contributed by atoms with van der Waals surface area (Å²) in [6.45, 7) is 0. The van der Waals surface area contributed by atoms with Gasteiger partial charge in [0.1, 0.15) is 12.0 Å². The molecule has 0 aliphatic rings. The van der Waals surface area contributed by atoms with Gasteiger partial charge in [-0.25, -0.2) is 0 Å². The normalized spacial score (nSPS) is 10.2. The molecule has 4 heteroatoms. The molecule has 2 nitrogen and oxygen atoms in total. The van der Waals surface area contributed by atoms with Crippen LogP contribution < -0.4 is 4.74 Å². The fourth-order valence-electron chi connectivity index (χ4n) is 1.72. The molecule has 0 radical (unpaired) electrons. The predicted molar refractivity (Wildman–Crippen MR) is 73.8 cm³/mol. The summed E-state index contributed by atoms with van der Waals surface area (Å²) in [4.78, 5) is 10.8. The third-order valence-corrected chi connectivity index (χ3v) is 3.42. The van der Waals surface area contributed by atoms with Gasteiger partial charge in [-0.15, -0.1) is 0 Å². The molecule has 0 unspecified atom stereocenters. The van der Waals surface area contributed by atoms with E-state index in [-0.39, 0.29) is 0 Å².